The van der Waals surface area contributed by atoms with Gasteiger partial charge in [0.1, 0.15) is 18.2 Å². The van der Waals surface area contributed by atoms with E-state index in [4.69, 9.17) is 10.5 Å². The molecule has 0 heterocycles. The lowest BCUT2D eigenvalue weighted by molar-refractivity contribution is -0.130. The van der Waals surface area contributed by atoms with Gasteiger partial charge in [0.15, 0.2) is 0 Å². The van der Waals surface area contributed by atoms with Crippen LogP contribution in [-0.2, 0) is 4.79 Å². The molecule has 0 bridgehead atoms. The Morgan fingerprint density at radius 1 is 1.35 bits per heavy atom. The zero-order valence-corrected chi connectivity index (χ0v) is 12.4. The molecule has 112 valence electrons. The first-order valence-corrected chi connectivity index (χ1v) is 6.69. The van der Waals surface area contributed by atoms with Crippen LogP contribution in [0.1, 0.15) is 26.7 Å². The largest absolute Gasteiger partial charge is 0.492 e. The van der Waals surface area contributed by atoms with E-state index in [-0.39, 0.29) is 17.3 Å². The van der Waals surface area contributed by atoms with Crippen molar-refractivity contribution in [1.82, 2.24) is 4.90 Å². The van der Waals surface area contributed by atoms with Crippen LogP contribution in [0.15, 0.2) is 24.3 Å². The number of nitrogens with two attached hydrogens (primary N) is 1. The summed E-state index contributed by atoms with van der Waals surface area (Å²) in [6.45, 7) is 4.66. The number of carbonyl (C=O) groups is 1. The van der Waals surface area contributed by atoms with E-state index in [2.05, 4.69) is 0 Å². The van der Waals surface area contributed by atoms with Crippen molar-refractivity contribution in [2.45, 2.75) is 32.2 Å². The van der Waals surface area contributed by atoms with E-state index in [1.807, 2.05) is 13.8 Å². The molecule has 0 radical (unpaired) electrons. The van der Waals surface area contributed by atoms with Gasteiger partial charge < -0.3 is 15.4 Å². The van der Waals surface area contributed by atoms with Crippen LogP contribution in [0.5, 0.6) is 5.75 Å². The highest BCUT2D eigenvalue weighted by Crippen LogP contribution is 2.11. The summed E-state index contributed by atoms with van der Waals surface area (Å²) in [4.78, 5) is 13.5. The van der Waals surface area contributed by atoms with Crippen molar-refractivity contribution in [2.75, 3.05) is 20.2 Å². The summed E-state index contributed by atoms with van der Waals surface area (Å²) in [5.74, 6) is 0.343. The Morgan fingerprint density at radius 2 is 1.95 bits per heavy atom. The van der Waals surface area contributed by atoms with Crippen molar-refractivity contribution in [2.24, 2.45) is 5.73 Å². The molecule has 20 heavy (non-hydrogen) atoms. The van der Waals surface area contributed by atoms with E-state index >= 15 is 0 Å². The Balaban J connectivity index is 2.27. The highest BCUT2D eigenvalue weighted by atomic mass is 19.1. The van der Waals surface area contributed by atoms with E-state index in [1.54, 1.807) is 24.1 Å². The fourth-order valence-corrected chi connectivity index (χ4v) is 1.58. The third-order valence-corrected chi connectivity index (χ3v) is 2.92. The summed E-state index contributed by atoms with van der Waals surface area (Å²) in [5.41, 5.74) is 5.51. The molecule has 4 nitrogen and oxygen atoms in total. The van der Waals surface area contributed by atoms with Crippen LogP contribution in [0.4, 0.5) is 4.39 Å². The number of hydrogen-bond donors (Lipinski definition) is 1. The van der Waals surface area contributed by atoms with Gasteiger partial charge in [-0.05, 0) is 44.5 Å². The molecule has 0 aromatic heterocycles. The Bertz CT molecular complexity index is 426. The number of halogens is 1. The summed E-state index contributed by atoms with van der Waals surface area (Å²) < 4.78 is 18.1. The average molecular weight is 282 g/mol. The lowest BCUT2D eigenvalue weighted by Gasteiger charge is -2.21. The minimum Gasteiger partial charge on any atom is -0.492 e. The average Bonchev–Trinajstić information content (AvgIpc) is 2.37. The van der Waals surface area contributed by atoms with Gasteiger partial charge in [0.05, 0.1) is 6.54 Å². The highest BCUT2D eigenvalue weighted by Gasteiger charge is 2.15. The quantitative estimate of drug-likeness (QED) is 0.834. The van der Waals surface area contributed by atoms with Crippen LogP contribution in [0.2, 0.25) is 0 Å². The molecule has 1 aromatic carbocycles. The summed E-state index contributed by atoms with van der Waals surface area (Å²) in [6, 6.07) is 5.81. The fraction of sp³-hybridized carbons (Fsp3) is 0.533. The molecular formula is C15H23FN2O2. The fourth-order valence-electron chi connectivity index (χ4n) is 1.58. The second-order valence-electron chi connectivity index (χ2n) is 5.61. The van der Waals surface area contributed by atoms with Crippen LogP contribution < -0.4 is 10.5 Å². The van der Waals surface area contributed by atoms with Gasteiger partial charge in [-0.1, -0.05) is 0 Å². The van der Waals surface area contributed by atoms with Gasteiger partial charge in [0.2, 0.25) is 5.91 Å². The smallest absolute Gasteiger partial charge is 0.222 e. The monoisotopic (exact) mass is 282 g/mol. The molecule has 1 amide bonds. The number of carbonyl (C=O) groups excluding carboxylic acids is 1. The molecule has 2 N–H and O–H groups in total. The standard InChI is InChI=1S/C15H23FN2O2/c1-15(2,17)9-8-14(19)18(3)10-11-20-13-6-4-12(16)5-7-13/h4-7H,8-11,17H2,1-3H3. The number of nitrogens with zero attached hydrogens (tertiary/aromatic N) is 1. The van der Waals surface area contributed by atoms with E-state index in [0.29, 0.717) is 31.7 Å². The zero-order valence-electron chi connectivity index (χ0n) is 12.4. The topological polar surface area (TPSA) is 55.6 Å². The first-order chi connectivity index (χ1) is 9.28. The highest BCUT2D eigenvalue weighted by molar-refractivity contribution is 5.75. The molecule has 0 aliphatic rings. The number of hydrogen-bond acceptors (Lipinski definition) is 3. The normalized spacial score (nSPS) is 11.2. The number of amides is 1. The van der Waals surface area contributed by atoms with E-state index in [1.165, 1.54) is 12.1 Å². The predicted octanol–water partition coefficient (Wildman–Crippen LogP) is 2.18. The van der Waals surface area contributed by atoms with Crippen molar-refractivity contribution >= 4 is 5.91 Å². The van der Waals surface area contributed by atoms with Crippen LogP contribution in [0.3, 0.4) is 0 Å². The molecule has 0 atom stereocenters. The maximum atomic E-state index is 12.7. The summed E-state index contributed by atoms with van der Waals surface area (Å²) >= 11 is 0. The molecule has 1 rings (SSSR count). The van der Waals surface area contributed by atoms with Gasteiger partial charge >= 0.3 is 0 Å². The second kappa shape index (κ2) is 7.24. The molecule has 0 fully saturated rings. The molecule has 1 aromatic rings. The minimum absolute atomic E-state index is 0.0474. The predicted molar refractivity (Wildman–Crippen MR) is 77.0 cm³/mol. The lowest BCUT2D eigenvalue weighted by atomic mass is 10.00. The maximum Gasteiger partial charge on any atom is 0.222 e. The number of benzene rings is 1. The Morgan fingerprint density at radius 3 is 2.50 bits per heavy atom. The van der Waals surface area contributed by atoms with Gasteiger partial charge in [-0.15, -0.1) is 0 Å². The third-order valence-electron chi connectivity index (χ3n) is 2.92. The van der Waals surface area contributed by atoms with Crippen LogP contribution in [0, 0.1) is 5.82 Å². The van der Waals surface area contributed by atoms with Crippen molar-refractivity contribution in [3.63, 3.8) is 0 Å². The van der Waals surface area contributed by atoms with Crippen molar-refractivity contribution in [1.29, 1.82) is 0 Å². The molecule has 0 aliphatic heterocycles. The number of likely N-dealkylation sites (N-methyl/N-ethyl adjacent to an activating group) is 1. The molecule has 0 aliphatic carbocycles. The Labute approximate surface area is 119 Å². The Hall–Kier alpha value is -1.62. The van der Waals surface area contributed by atoms with Gasteiger partial charge in [-0.25, -0.2) is 4.39 Å². The van der Waals surface area contributed by atoms with Gasteiger partial charge in [0, 0.05) is 19.0 Å². The van der Waals surface area contributed by atoms with Crippen molar-refractivity contribution < 1.29 is 13.9 Å². The van der Waals surface area contributed by atoms with E-state index < -0.39 is 0 Å². The summed E-state index contributed by atoms with van der Waals surface area (Å²) in [7, 11) is 1.74. The molecule has 0 unspecified atom stereocenters. The second-order valence-corrected chi connectivity index (χ2v) is 5.61. The van der Waals surface area contributed by atoms with Gasteiger partial charge in [0.25, 0.3) is 0 Å². The lowest BCUT2D eigenvalue weighted by Crippen LogP contribution is -2.36. The first-order valence-electron chi connectivity index (χ1n) is 6.69. The third kappa shape index (κ3) is 6.52. The maximum absolute atomic E-state index is 12.7. The molecule has 0 saturated heterocycles. The van der Waals surface area contributed by atoms with Gasteiger partial charge in [-0.3, -0.25) is 4.79 Å². The van der Waals surface area contributed by atoms with Crippen LogP contribution in [0.25, 0.3) is 0 Å². The number of ether oxygens (including phenoxy) is 1. The molecule has 5 heteroatoms. The van der Waals surface area contributed by atoms with Gasteiger partial charge in [-0.2, -0.15) is 0 Å². The molecular weight excluding hydrogens is 259 g/mol. The summed E-state index contributed by atoms with van der Waals surface area (Å²) in [6.07, 6.45) is 1.07. The van der Waals surface area contributed by atoms with Crippen LogP contribution in [-0.4, -0.2) is 36.5 Å². The SMILES string of the molecule is CN(CCOc1ccc(F)cc1)C(=O)CCC(C)(C)N. The van der Waals surface area contributed by atoms with Crippen molar-refractivity contribution in [3.05, 3.63) is 30.1 Å². The van der Waals surface area contributed by atoms with Crippen molar-refractivity contribution in [3.8, 4) is 5.75 Å². The van der Waals surface area contributed by atoms with E-state index in [0.717, 1.165) is 0 Å². The number of rotatable bonds is 7. The van der Waals surface area contributed by atoms with E-state index in [9.17, 15) is 9.18 Å². The zero-order chi connectivity index (χ0) is 15.2. The molecule has 0 spiro atoms. The minimum atomic E-state index is -0.332. The Kier molecular flexibility index (Phi) is 5.95. The first kappa shape index (κ1) is 16.4. The summed E-state index contributed by atoms with van der Waals surface area (Å²) in [5, 5.41) is 0. The van der Waals surface area contributed by atoms with Crippen LogP contribution >= 0.6 is 0 Å². The molecule has 0 saturated carbocycles.